The zero-order valence-corrected chi connectivity index (χ0v) is 16.5. The molecule has 0 unspecified atom stereocenters. The Bertz CT molecular complexity index is 1310. The number of thiophene rings is 1. The van der Waals surface area contributed by atoms with Crippen molar-refractivity contribution in [2.24, 2.45) is 4.99 Å². The first-order valence-electron chi connectivity index (χ1n) is 9.33. The number of nitrogens with zero attached hydrogens (tertiary/aromatic N) is 1. The number of nitrogens with one attached hydrogen (secondary N) is 1. The molecule has 0 amide bonds. The second kappa shape index (κ2) is 6.90. The predicted octanol–water partition coefficient (Wildman–Crippen LogP) is 5.55. The van der Waals surface area contributed by atoms with Crippen molar-refractivity contribution in [3.63, 3.8) is 0 Å². The Labute approximate surface area is 171 Å². The molecule has 0 saturated heterocycles. The largest absolute Gasteiger partial charge is 0.507 e. The Morgan fingerprint density at radius 2 is 2.03 bits per heavy atom. The zero-order valence-electron chi connectivity index (χ0n) is 15.7. The monoisotopic (exact) mass is 402 g/mol. The van der Waals surface area contributed by atoms with Crippen LogP contribution in [0.25, 0.3) is 11.0 Å². The van der Waals surface area contributed by atoms with Crippen LogP contribution in [0.15, 0.2) is 74.2 Å². The van der Waals surface area contributed by atoms with Crippen LogP contribution in [0.2, 0.25) is 0 Å². The fourth-order valence-electron chi connectivity index (χ4n) is 3.79. The number of aromatic hydroxyl groups is 1. The first-order chi connectivity index (χ1) is 14.1. The van der Waals surface area contributed by atoms with Crippen LogP contribution in [0.1, 0.15) is 28.5 Å². The lowest BCUT2D eigenvalue weighted by atomic mass is 9.97. The Hall–Kier alpha value is -3.38. The van der Waals surface area contributed by atoms with E-state index in [0.29, 0.717) is 23.3 Å². The Morgan fingerprint density at radius 1 is 1.17 bits per heavy atom. The summed E-state index contributed by atoms with van der Waals surface area (Å²) >= 11 is 1.67. The van der Waals surface area contributed by atoms with Crippen molar-refractivity contribution in [3.05, 3.63) is 86.4 Å². The smallest absolute Gasteiger partial charge is 0.336 e. The van der Waals surface area contributed by atoms with Gasteiger partial charge in [-0.15, -0.1) is 11.3 Å². The Morgan fingerprint density at radius 3 is 2.86 bits per heavy atom. The number of aryl methyl sites for hydroxylation is 1. The molecule has 6 heteroatoms. The summed E-state index contributed by atoms with van der Waals surface area (Å²) in [5.41, 5.74) is 3.61. The van der Waals surface area contributed by atoms with Gasteiger partial charge in [0.2, 0.25) is 0 Å². The second-order valence-electron chi connectivity index (χ2n) is 7.08. The quantitative estimate of drug-likeness (QED) is 0.431. The molecule has 29 heavy (non-hydrogen) atoms. The predicted molar refractivity (Wildman–Crippen MR) is 117 cm³/mol. The first kappa shape index (κ1) is 17.7. The third-order valence-corrected chi connectivity index (χ3v) is 6.15. The summed E-state index contributed by atoms with van der Waals surface area (Å²) in [4.78, 5) is 18.1. The summed E-state index contributed by atoms with van der Waals surface area (Å²) in [5, 5.41) is 17.1. The van der Waals surface area contributed by atoms with E-state index in [1.54, 1.807) is 23.5 Å². The lowest BCUT2D eigenvalue weighted by molar-refractivity contribution is 0.471. The third-order valence-electron chi connectivity index (χ3n) is 5.16. The van der Waals surface area contributed by atoms with Crippen LogP contribution >= 0.6 is 11.3 Å². The van der Waals surface area contributed by atoms with E-state index in [-0.39, 0.29) is 11.8 Å². The highest BCUT2D eigenvalue weighted by molar-refractivity contribution is 7.10. The van der Waals surface area contributed by atoms with Crippen molar-refractivity contribution >= 4 is 39.4 Å². The maximum Gasteiger partial charge on any atom is 0.336 e. The molecule has 0 bridgehead atoms. The number of para-hydroxylation sites is 2. The molecule has 0 saturated carbocycles. The standard InChI is InChI=1S/C23H18N2O3S/c1-13-11-21(27)28-23-14(13)8-9-19(26)22(23)18-12-17(20-7-4-10-29-20)24-15-5-2-3-6-16(15)25-18/h2-11,17,24,26H,12H2,1H3/t17-/m1/s1. The molecule has 5 nitrogen and oxygen atoms in total. The molecule has 2 aromatic carbocycles. The highest BCUT2D eigenvalue weighted by Gasteiger charge is 2.25. The van der Waals surface area contributed by atoms with Gasteiger partial charge in [-0.2, -0.15) is 0 Å². The molecule has 144 valence electrons. The highest BCUT2D eigenvalue weighted by Crippen LogP contribution is 2.39. The Kier molecular flexibility index (Phi) is 4.21. The number of rotatable bonds is 2. The van der Waals surface area contributed by atoms with Gasteiger partial charge in [-0.25, -0.2) is 4.79 Å². The lowest BCUT2D eigenvalue weighted by Gasteiger charge is -2.18. The molecule has 1 aliphatic rings. The molecule has 0 aliphatic carbocycles. The SMILES string of the molecule is Cc1cc(=O)oc2c(C3=Nc4ccccc4N[C@@H](c4cccs4)C3)c(O)ccc12. The fourth-order valence-corrected chi connectivity index (χ4v) is 4.57. The molecule has 5 rings (SSSR count). The molecule has 2 N–H and O–H groups in total. The number of phenolic OH excluding ortho intramolecular Hbond substituents is 1. The normalized spacial score (nSPS) is 16.0. The van der Waals surface area contributed by atoms with Gasteiger partial charge in [0.05, 0.1) is 28.7 Å². The number of fused-ring (bicyclic) bond motifs is 2. The number of anilines is 1. The summed E-state index contributed by atoms with van der Waals surface area (Å²) < 4.78 is 5.55. The van der Waals surface area contributed by atoms with E-state index in [9.17, 15) is 9.90 Å². The summed E-state index contributed by atoms with van der Waals surface area (Å²) in [6.07, 6.45) is 0.541. The van der Waals surface area contributed by atoms with E-state index < -0.39 is 5.63 Å². The van der Waals surface area contributed by atoms with E-state index in [1.807, 2.05) is 42.6 Å². The van der Waals surface area contributed by atoms with E-state index >= 15 is 0 Å². The molecule has 2 aromatic heterocycles. The van der Waals surface area contributed by atoms with Crippen LogP contribution in [-0.4, -0.2) is 10.8 Å². The van der Waals surface area contributed by atoms with Crippen molar-refractivity contribution in [2.45, 2.75) is 19.4 Å². The van der Waals surface area contributed by atoms with Gasteiger partial charge in [0.25, 0.3) is 0 Å². The second-order valence-corrected chi connectivity index (χ2v) is 8.06. The number of hydrogen-bond donors (Lipinski definition) is 2. The minimum absolute atomic E-state index is 0.0106. The van der Waals surface area contributed by atoms with Crippen LogP contribution in [-0.2, 0) is 0 Å². The average Bonchev–Trinajstić information content (AvgIpc) is 3.16. The van der Waals surface area contributed by atoms with Crippen LogP contribution in [0.4, 0.5) is 11.4 Å². The summed E-state index contributed by atoms with van der Waals surface area (Å²) in [5.74, 6) is 0.0503. The van der Waals surface area contributed by atoms with Gasteiger partial charge in [0.1, 0.15) is 5.75 Å². The topological polar surface area (TPSA) is 74.8 Å². The molecule has 0 spiro atoms. The van der Waals surface area contributed by atoms with E-state index in [2.05, 4.69) is 11.4 Å². The highest BCUT2D eigenvalue weighted by atomic mass is 32.1. The average molecular weight is 402 g/mol. The van der Waals surface area contributed by atoms with Crippen molar-refractivity contribution in [1.82, 2.24) is 0 Å². The van der Waals surface area contributed by atoms with Gasteiger partial charge in [0, 0.05) is 22.8 Å². The molecule has 4 aromatic rings. The van der Waals surface area contributed by atoms with E-state index in [4.69, 9.17) is 9.41 Å². The number of aliphatic imine (C=N–C) groups is 1. The maximum absolute atomic E-state index is 12.1. The van der Waals surface area contributed by atoms with Gasteiger partial charge < -0.3 is 14.8 Å². The molecule has 3 heterocycles. The minimum atomic E-state index is -0.440. The van der Waals surface area contributed by atoms with Crippen LogP contribution in [0, 0.1) is 6.92 Å². The summed E-state index contributed by atoms with van der Waals surface area (Å²) in [6.45, 7) is 1.86. The minimum Gasteiger partial charge on any atom is -0.507 e. The molecule has 0 fully saturated rings. The molecule has 1 aliphatic heterocycles. The molecule has 1 atom stereocenters. The van der Waals surface area contributed by atoms with E-state index in [1.165, 1.54) is 10.9 Å². The number of benzene rings is 2. The zero-order chi connectivity index (χ0) is 20.0. The van der Waals surface area contributed by atoms with Gasteiger partial charge in [-0.05, 0) is 48.2 Å². The van der Waals surface area contributed by atoms with Gasteiger partial charge in [-0.1, -0.05) is 18.2 Å². The van der Waals surface area contributed by atoms with Crippen LogP contribution < -0.4 is 10.9 Å². The fraction of sp³-hybridized carbons (Fsp3) is 0.130. The third kappa shape index (κ3) is 3.11. The molecular weight excluding hydrogens is 384 g/mol. The number of hydrogen-bond acceptors (Lipinski definition) is 6. The maximum atomic E-state index is 12.1. The van der Waals surface area contributed by atoms with Crippen molar-refractivity contribution in [3.8, 4) is 5.75 Å². The van der Waals surface area contributed by atoms with Crippen LogP contribution in [0.3, 0.4) is 0 Å². The number of phenols is 1. The van der Waals surface area contributed by atoms with Gasteiger partial charge in [-0.3, -0.25) is 4.99 Å². The van der Waals surface area contributed by atoms with Gasteiger partial charge >= 0.3 is 5.63 Å². The molecular formula is C23H18N2O3S. The van der Waals surface area contributed by atoms with Crippen molar-refractivity contribution < 1.29 is 9.52 Å². The molecule has 0 radical (unpaired) electrons. The van der Waals surface area contributed by atoms with Crippen molar-refractivity contribution in [2.75, 3.05) is 5.32 Å². The summed E-state index contributed by atoms with van der Waals surface area (Å²) in [7, 11) is 0. The van der Waals surface area contributed by atoms with Gasteiger partial charge in [0.15, 0.2) is 5.58 Å². The van der Waals surface area contributed by atoms with E-state index in [0.717, 1.165) is 22.3 Å². The first-order valence-corrected chi connectivity index (χ1v) is 10.2. The summed E-state index contributed by atoms with van der Waals surface area (Å²) in [6, 6.07) is 16.8. The van der Waals surface area contributed by atoms with Crippen molar-refractivity contribution in [1.29, 1.82) is 0 Å². The lowest BCUT2D eigenvalue weighted by Crippen LogP contribution is -2.14. The van der Waals surface area contributed by atoms with Crippen LogP contribution in [0.5, 0.6) is 5.75 Å². The Balaban J connectivity index is 1.77.